The molecule has 0 radical (unpaired) electrons. The van der Waals surface area contributed by atoms with Crippen LogP contribution >= 0.6 is 11.6 Å². The summed E-state index contributed by atoms with van der Waals surface area (Å²) in [4.78, 5) is 25.4. The van der Waals surface area contributed by atoms with Gasteiger partial charge in [-0.2, -0.15) is 0 Å². The molecule has 2 aromatic rings. The summed E-state index contributed by atoms with van der Waals surface area (Å²) < 4.78 is 10.5. The van der Waals surface area contributed by atoms with Crippen molar-refractivity contribution in [3.63, 3.8) is 0 Å². The molecular formula is C21H25ClN2O4. The minimum atomic E-state index is -0.699. The van der Waals surface area contributed by atoms with E-state index < -0.39 is 6.04 Å². The van der Waals surface area contributed by atoms with Gasteiger partial charge in [-0.3, -0.25) is 9.59 Å². The quantitative estimate of drug-likeness (QED) is 0.693. The lowest BCUT2D eigenvalue weighted by Crippen LogP contribution is -2.44. The number of carbonyl (C=O) groups excluding carboxylic acids is 2. The van der Waals surface area contributed by atoms with Crippen LogP contribution in [0.3, 0.4) is 0 Å². The van der Waals surface area contributed by atoms with Crippen LogP contribution in [0, 0.1) is 5.92 Å². The predicted octanol–water partition coefficient (Wildman–Crippen LogP) is 4.14. The Balaban J connectivity index is 2.16. The lowest BCUT2D eigenvalue weighted by molar-refractivity contribution is -0.118. The highest BCUT2D eigenvalue weighted by molar-refractivity contribution is 6.30. The van der Waals surface area contributed by atoms with Crippen molar-refractivity contribution in [2.45, 2.75) is 26.3 Å². The van der Waals surface area contributed by atoms with Gasteiger partial charge >= 0.3 is 0 Å². The maximum absolute atomic E-state index is 12.9. The highest BCUT2D eigenvalue weighted by atomic mass is 35.5. The molecule has 0 unspecified atom stereocenters. The largest absolute Gasteiger partial charge is 0.497 e. The number of halogens is 1. The molecule has 0 heterocycles. The Kier molecular flexibility index (Phi) is 7.70. The number of hydrogen-bond acceptors (Lipinski definition) is 4. The number of anilines is 1. The third-order valence-corrected chi connectivity index (χ3v) is 4.35. The minimum Gasteiger partial charge on any atom is -0.497 e. The first kappa shape index (κ1) is 21.6. The summed E-state index contributed by atoms with van der Waals surface area (Å²) in [6.07, 6.45) is 0.490. The van der Waals surface area contributed by atoms with Crippen molar-refractivity contribution in [2.75, 3.05) is 19.5 Å². The lowest BCUT2D eigenvalue weighted by Gasteiger charge is -2.21. The molecule has 0 aliphatic carbocycles. The van der Waals surface area contributed by atoms with Crippen LogP contribution in [0.1, 0.15) is 30.6 Å². The molecule has 0 fully saturated rings. The van der Waals surface area contributed by atoms with E-state index in [0.29, 0.717) is 34.2 Å². The summed E-state index contributed by atoms with van der Waals surface area (Å²) in [6.45, 7) is 3.98. The first-order chi connectivity index (χ1) is 13.3. The molecule has 150 valence electrons. The topological polar surface area (TPSA) is 76.7 Å². The van der Waals surface area contributed by atoms with Gasteiger partial charge in [-0.1, -0.05) is 25.4 Å². The standard InChI is InChI=1S/C21H25ClN2O4/c1-13(2)11-18(24-20(25)14-5-7-15(22)8-6-14)21(26)23-17-10-9-16(27-3)12-19(17)28-4/h5-10,12-13,18H,11H2,1-4H3,(H,23,26)(H,24,25)/t18-/m1/s1. The molecule has 1 atom stereocenters. The van der Waals surface area contributed by atoms with Crippen molar-refractivity contribution in [1.82, 2.24) is 5.32 Å². The van der Waals surface area contributed by atoms with Crippen molar-refractivity contribution >= 4 is 29.1 Å². The fourth-order valence-electron chi connectivity index (χ4n) is 2.67. The highest BCUT2D eigenvalue weighted by Gasteiger charge is 2.23. The van der Waals surface area contributed by atoms with Gasteiger partial charge in [0, 0.05) is 16.7 Å². The molecule has 0 spiro atoms. The van der Waals surface area contributed by atoms with E-state index in [9.17, 15) is 9.59 Å². The van der Waals surface area contributed by atoms with Crippen LogP contribution in [-0.4, -0.2) is 32.1 Å². The molecule has 0 aliphatic rings. The smallest absolute Gasteiger partial charge is 0.251 e. The summed E-state index contributed by atoms with van der Waals surface area (Å²) in [5.74, 6) is 0.641. The fraction of sp³-hybridized carbons (Fsp3) is 0.333. The Labute approximate surface area is 170 Å². The van der Waals surface area contributed by atoms with Gasteiger partial charge in [-0.05, 0) is 48.7 Å². The summed E-state index contributed by atoms with van der Waals surface area (Å²) in [6, 6.07) is 10.9. The van der Waals surface area contributed by atoms with Gasteiger partial charge in [0.25, 0.3) is 5.91 Å². The number of ether oxygens (including phenoxy) is 2. The van der Waals surface area contributed by atoms with Gasteiger partial charge in [0.15, 0.2) is 0 Å². The van der Waals surface area contributed by atoms with Crippen LogP contribution in [0.15, 0.2) is 42.5 Å². The molecule has 2 amide bonds. The van der Waals surface area contributed by atoms with E-state index in [4.69, 9.17) is 21.1 Å². The third kappa shape index (κ3) is 5.89. The second-order valence-corrected chi connectivity index (χ2v) is 7.15. The molecule has 2 aromatic carbocycles. The van der Waals surface area contributed by atoms with Gasteiger partial charge in [0.2, 0.25) is 5.91 Å². The average Bonchev–Trinajstić information content (AvgIpc) is 2.67. The zero-order valence-corrected chi connectivity index (χ0v) is 17.2. The summed E-state index contributed by atoms with van der Waals surface area (Å²) in [5, 5.41) is 6.17. The van der Waals surface area contributed by atoms with E-state index >= 15 is 0 Å². The normalized spacial score (nSPS) is 11.6. The van der Waals surface area contributed by atoms with E-state index in [0.717, 1.165) is 0 Å². The SMILES string of the molecule is COc1ccc(NC(=O)[C@@H](CC(C)C)NC(=O)c2ccc(Cl)cc2)c(OC)c1. The van der Waals surface area contributed by atoms with E-state index in [2.05, 4.69) is 10.6 Å². The summed E-state index contributed by atoms with van der Waals surface area (Å²) in [7, 11) is 3.07. The molecule has 0 aromatic heterocycles. The number of hydrogen-bond donors (Lipinski definition) is 2. The van der Waals surface area contributed by atoms with Crippen LogP contribution in [-0.2, 0) is 4.79 Å². The van der Waals surface area contributed by atoms with E-state index in [1.807, 2.05) is 13.8 Å². The molecule has 0 aliphatic heterocycles. The number of nitrogens with one attached hydrogen (secondary N) is 2. The molecule has 0 saturated heterocycles. The zero-order valence-electron chi connectivity index (χ0n) is 16.4. The Morgan fingerprint density at radius 1 is 1.04 bits per heavy atom. The Hall–Kier alpha value is -2.73. The second kappa shape index (κ2) is 9.99. The number of rotatable bonds is 8. The molecular weight excluding hydrogens is 380 g/mol. The van der Waals surface area contributed by atoms with Crippen molar-refractivity contribution < 1.29 is 19.1 Å². The maximum atomic E-state index is 12.9. The second-order valence-electron chi connectivity index (χ2n) is 6.72. The van der Waals surface area contributed by atoms with Crippen LogP contribution < -0.4 is 20.1 Å². The van der Waals surface area contributed by atoms with Crippen LogP contribution in [0.5, 0.6) is 11.5 Å². The van der Waals surface area contributed by atoms with E-state index in [1.165, 1.54) is 7.11 Å². The lowest BCUT2D eigenvalue weighted by atomic mass is 10.0. The van der Waals surface area contributed by atoms with Gasteiger partial charge in [-0.15, -0.1) is 0 Å². The van der Waals surface area contributed by atoms with E-state index in [-0.39, 0.29) is 17.7 Å². The molecule has 2 N–H and O–H groups in total. The maximum Gasteiger partial charge on any atom is 0.251 e. The predicted molar refractivity (Wildman–Crippen MR) is 110 cm³/mol. The number of methoxy groups -OCH3 is 2. The van der Waals surface area contributed by atoms with Gasteiger partial charge in [0.05, 0.1) is 19.9 Å². The number of amides is 2. The summed E-state index contributed by atoms with van der Waals surface area (Å²) in [5.41, 5.74) is 0.941. The van der Waals surface area contributed by atoms with E-state index in [1.54, 1.807) is 49.6 Å². The average molecular weight is 405 g/mol. The van der Waals surface area contributed by atoms with Crippen LogP contribution in [0.4, 0.5) is 5.69 Å². The van der Waals surface area contributed by atoms with Crippen molar-refractivity contribution in [2.24, 2.45) is 5.92 Å². The van der Waals surface area contributed by atoms with Crippen LogP contribution in [0.2, 0.25) is 5.02 Å². The minimum absolute atomic E-state index is 0.207. The van der Waals surface area contributed by atoms with Crippen molar-refractivity contribution in [3.05, 3.63) is 53.1 Å². The first-order valence-corrected chi connectivity index (χ1v) is 9.31. The molecule has 2 rings (SSSR count). The van der Waals surface area contributed by atoms with Crippen molar-refractivity contribution in [3.8, 4) is 11.5 Å². The Morgan fingerprint density at radius 2 is 1.71 bits per heavy atom. The summed E-state index contributed by atoms with van der Waals surface area (Å²) >= 11 is 5.87. The van der Waals surface area contributed by atoms with Crippen molar-refractivity contribution in [1.29, 1.82) is 0 Å². The first-order valence-electron chi connectivity index (χ1n) is 8.93. The number of carbonyl (C=O) groups is 2. The fourth-order valence-corrected chi connectivity index (χ4v) is 2.79. The van der Waals surface area contributed by atoms with Crippen LogP contribution in [0.25, 0.3) is 0 Å². The van der Waals surface area contributed by atoms with Gasteiger partial charge in [0.1, 0.15) is 17.5 Å². The van der Waals surface area contributed by atoms with Gasteiger partial charge < -0.3 is 20.1 Å². The molecule has 6 nitrogen and oxygen atoms in total. The van der Waals surface area contributed by atoms with Gasteiger partial charge in [-0.25, -0.2) is 0 Å². The molecule has 28 heavy (non-hydrogen) atoms. The number of benzene rings is 2. The monoisotopic (exact) mass is 404 g/mol. The highest BCUT2D eigenvalue weighted by Crippen LogP contribution is 2.29. The molecule has 0 bridgehead atoms. The Morgan fingerprint density at radius 3 is 2.29 bits per heavy atom. The Bertz CT molecular complexity index is 822. The molecule has 7 heteroatoms. The molecule has 0 saturated carbocycles. The zero-order chi connectivity index (χ0) is 20.7. The third-order valence-electron chi connectivity index (χ3n) is 4.10.